The fourth-order valence-corrected chi connectivity index (χ4v) is 3.60. The third kappa shape index (κ3) is 4.59. The average molecular weight is 362 g/mol. The number of benzene rings is 1. The van der Waals surface area contributed by atoms with Crippen LogP contribution in [0.1, 0.15) is 18.9 Å². The smallest absolute Gasteiger partial charge is 0.194 e. The number of aromatic hydroxyl groups is 1. The first-order valence-electron chi connectivity index (χ1n) is 9.42. The fraction of sp³-hybridized carbons (Fsp3) is 0.632. The predicted molar refractivity (Wildman–Crippen MR) is 102 cm³/mol. The molecule has 2 heterocycles. The van der Waals surface area contributed by atoms with Gasteiger partial charge in [-0.15, -0.1) is 0 Å². The highest BCUT2D eigenvalue weighted by atomic mass is 16.5. The summed E-state index contributed by atoms with van der Waals surface area (Å²) < 4.78 is 10.6. The van der Waals surface area contributed by atoms with Gasteiger partial charge in [0.1, 0.15) is 0 Å². The highest BCUT2D eigenvalue weighted by Crippen LogP contribution is 2.26. The van der Waals surface area contributed by atoms with E-state index in [1.54, 1.807) is 19.2 Å². The molecule has 0 aromatic heterocycles. The van der Waals surface area contributed by atoms with Crippen LogP contribution in [0.2, 0.25) is 0 Å². The van der Waals surface area contributed by atoms with Crippen LogP contribution in [0.25, 0.3) is 0 Å². The molecule has 2 saturated heterocycles. The van der Waals surface area contributed by atoms with Crippen molar-refractivity contribution < 1.29 is 14.6 Å². The number of aliphatic imine (C=N–C) groups is 1. The first kappa shape index (κ1) is 18.8. The molecule has 1 unspecified atom stereocenters. The van der Waals surface area contributed by atoms with Crippen molar-refractivity contribution >= 4 is 5.96 Å². The lowest BCUT2D eigenvalue weighted by molar-refractivity contribution is 0.0195. The summed E-state index contributed by atoms with van der Waals surface area (Å²) in [6.07, 6.45) is 1.16. The van der Waals surface area contributed by atoms with E-state index in [2.05, 4.69) is 22.0 Å². The number of hydrogen-bond acceptors (Lipinski definition) is 5. The van der Waals surface area contributed by atoms with Crippen LogP contribution in [0.15, 0.2) is 23.2 Å². The standard InChI is InChI=1S/C19H30N4O3/c1-3-20-19(21-13-15-4-5-18(25-2)17(24)12-15)23-7-6-16(14-23)22-8-10-26-11-9-22/h4-5,12,16,24H,3,6-11,13-14H2,1-2H3,(H,20,21). The normalized spacial score (nSPS) is 21.8. The largest absolute Gasteiger partial charge is 0.504 e. The van der Waals surface area contributed by atoms with E-state index in [0.717, 1.165) is 63.9 Å². The number of rotatable bonds is 5. The Bertz CT molecular complexity index is 617. The lowest BCUT2D eigenvalue weighted by Crippen LogP contribution is -2.46. The first-order chi connectivity index (χ1) is 12.7. The molecule has 2 aliphatic rings. The van der Waals surface area contributed by atoms with Crippen LogP contribution in [0.4, 0.5) is 0 Å². The molecule has 0 spiro atoms. The monoisotopic (exact) mass is 362 g/mol. The van der Waals surface area contributed by atoms with Gasteiger partial charge in [-0.05, 0) is 31.0 Å². The van der Waals surface area contributed by atoms with Crippen molar-refractivity contribution in [3.05, 3.63) is 23.8 Å². The molecule has 144 valence electrons. The molecule has 0 radical (unpaired) electrons. The Morgan fingerprint density at radius 3 is 2.85 bits per heavy atom. The number of hydrogen-bond donors (Lipinski definition) is 2. The quantitative estimate of drug-likeness (QED) is 0.607. The number of phenols is 1. The zero-order chi connectivity index (χ0) is 18.4. The van der Waals surface area contributed by atoms with Crippen molar-refractivity contribution in [3.63, 3.8) is 0 Å². The maximum atomic E-state index is 9.94. The summed E-state index contributed by atoms with van der Waals surface area (Å²) >= 11 is 0. The lowest BCUT2D eigenvalue weighted by atomic mass is 10.2. The summed E-state index contributed by atoms with van der Waals surface area (Å²) in [7, 11) is 1.55. The molecule has 0 amide bonds. The maximum Gasteiger partial charge on any atom is 0.194 e. The van der Waals surface area contributed by atoms with E-state index in [0.29, 0.717) is 18.3 Å². The minimum absolute atomic E-state index is 0.152. The fourth-order valence-electron chi connectivity index (χ4n) is 3.60. The van der Waals surface area contributed by atoms with Crippen molar-refractivity contribution in [1.82, 2.24) is 15.1 Å². The number of ether oxygens (including phenoxy) is 2. The van der Waals surface area contributed by atoms with Crippen molar-refractivity contribution in [2.45, 2.75) is 25.9 Å². The van der Waals surface area contributed by atoms with E-state index in [1.165, 1.54) is 0 Å². The number of phenolic OH excluding ortho intramolecular Hbond substituents is 1. The molecular formula is C19H30N4O3. The molecule has 0 bridgehead atoms. The second kappa shape index (κ2) is 9.09. The van der Waals surface area contributed by atoms with Crippen molar-refractivity contribution in [3.8, 4) is 11.5 Å². The van der Waals surface area contributed by atoms with Gasteiger partial charge in [-0.2, -0.15) is 0 Å². The van der Waals surface area contributed by atoms with Crippen LogP contribution in [0, 0.1) is 0 Å². The molecule has 7 nitrogen and oxygen atoms in total. The van der Waals surface area contributed by atoms with Gasteiger partial charge in [0.2, 0.25) is 0 Å². The Kier molecular flexibility index (Phi) is 6.57. The Hall–Kier alpha value is -1.99. The molecule has 0 saturated carbocycles. The third-order valence-electron chi connectivity index (χ3n) is 5.01. The molecule has 3 rings (SSSR count). The minimum Gasteiger partial charge on any atom is -0.504 e. The SMILES string of the molecule is CCNC(=NCc1ccc(OC)c(O)c1)N1CCC(N2CCOCC2)C1. The topological polar surface area (TPSA) is 69.6 Å². The van der Waals surface area contributed by atoms with Gasteiger partial charge in [0.15, 0.2) is 17.5 Å². The van der Waals surface area contributed by atoms with Crippen LogP contribution in [0.3, 0.4) is 0 Å². The van der Waals surface area contributed by atoms with Crippen LogP contribution in [-0.2, 0) is 11.3 Å². The second-order valence-electron chi connectivity index (χ2n) is 6.71. The molecule has 2 aliphatic heterocycles. The third-order valence-corrected chi connectivity index (χ3v) is 5.01. The van der Waals surface area contributed by atoms with Gasteiger partial charge in [0.25, 0.3) is 0 Å². The first-order valence-corrected chi connectivity index (χ1v) is 9.42. The number of morpholine rings is 1. The van der Waals surface area contributed by atoms with Gasteiger partial charge in [0, 0.05) is 38.8 Å². The highest BCUT2D eigenvalue weighted by molar-refractivity contribution is 5.80. The van der Waals surface area contributed by atoms with Gasteiger partial charge >= 0.3 is 0 Å². The molecule has 7 heteroatoms. The highest BCUT2D eigenvalue weighted by Gasteiger charge is 2.30. The van der Waals surface area contributed by atoms with Gasteiger partial charge in [-0.25, -0.2) is 4.99 Å². The summed E-state index contributed by atoms with van der Waals surface area (Å²) in [5.74, 6) is 1.58. The van der Waals surface area contributed by atoms with Crippen LogP contribution in [-0.4, -0.2) is 80.0 Å². The molecular weight excluding hydrogens is 332 g/mol. The molecule has 26 heavy (non-hydrogen) atoms. The Labute approximate surface area is 155 Å². The molecule has 1 atom stereocenters. The number of methoxy groups -OCH3 is 1. The summed E-state index contributed by atoms with van der Waals surface area (Å²) in [4.78, 5) is 9.65. The molecule has 1 aromatic rings. The average Bonchev–Trinajstić information content (AvgIpc) is 3.16. The molecule has 2 fully saturated rings. The summed E-state index contributed by atoms with van der Waals surface area (Å²) in [6.45, 7) is 9.20. The van der Waals surface area contributed by atoms with Gasteiger partial charge in [-0.3, -0.25) is 4.90 Å². The Morgan fingerprint density at radius 2 is 2.15 bits per heavy atom. The van der Waals surface area contributed by atoms with Gasteiger partial charge in [0.05, 0.1) is 26.9 Å². The molecule has 1 aromatic carbocycles. The second-order valence-corrected chi connectivity index (χ2v) is 6.71. The van der Waals surface area contributed by atoms with E-state index in [1.807, 2.05) is 6.07 Å². The number of nitrogens with one attached hydrogen (secondary N) is 1. The number of guanidine groups is 1. The van der Waals surface area contributed by atoms with Crippen LogP contribution in [0.5, 0.6) is 11.5 Å². The molecule has 0 aliphatic carbocycles. The van der Waals surface area contributed by atoms with E-state index >= 15 is 0 Å². The maximum absolute atomic E-state index is 9.94. The van der Waals surface area contributed by atoms with E-state index in [4.69, 9.17) is 14.5 Å². The molecule has 2 N–H and O–H groups in total. The minimum atomic E-state index is 0.152. The Morgan fingerprint density at radius 1 is 1.35 bits per heavy atom. The zero-order valence-corrected chi connectivity index (χ0v) is 15.8. The van der Waals surface area contributed by atoms with E-state index in [-0.39, 0.29) is 5.75 Å². The summed E-state index contributed by atoms with van der Waals surface area (Å²) in [5, 5.41) is 13.3. The zero-order valence-electron chi connectivity index (χ0n) is 15.8. The van der Waals surface area contributed by atoms with E-state index in [9.17, 15) is 5.11 Å². The number of nitrogens with zero attached hydrogens (tertiary/aromatic N) is 3. The number of likely N-dealkylation sites (tertiary alicyclic amines) is 1. The van der Waals surface area contributed by atoms with Crippen LogP contribution < -0.4 is 10.1 Å². The predicted octanol–water partition coefficient (Wildman–Crippen LogP) is 1.27. The van der Waals surface area contributed by atoms with Crippen molar-refractivity contribution in [2.75, 3.05) is 53.0 Å². The van der Waals surface area contributed by atoms with Crippen molar-refractivity contribution in [1.29, 1.82) is 0 Å². The summed E-state index contributed by atoms with van der Waals surface area (Å²) in [5.41, 5.74) is 0.961. The van der Waals surface area contributed by atoms with Crippen LogP contribution >= 0.6 is 0 Å². The van der Waals surface area contributed by atoms with E-state index < -0.39 is 0 Å². The van der Waals surface area contributed by atoms with Gasteiger partial charge < -0.3 is 24.8 Å². The van der Waals surface area contributed by atoms with Crippen molar-refractivity contribution in [2.24, 2.45) is 4.99 Å². The Balaban J connectivity index is 1.63. The summed E-state index contributed by atoms with van der Waals surface area (Å²) in [6, 6.07) is 6.00. The lowest BCUT2D eigenvalue weighted by Gasteiger charge is -2.32. The van der Waals surface area contributed by atoms with Gasteiger partial charge in [-0.1, -0.05) is 6.07 Å².